The smallest absolute Gasteiger partial charge is 0.319 e. The molecule has 0 radical (unpaired) electrons. The number of aliphatic hydroxyl groups is 1. The molecule has 3 N–H and O–H groups in total. The SMILES string of the molecule is CC(CO)C(C)NC(=O)Nc1ccc(N2CCCC2)c(Cl)c1. The minimum Gasteiger partial charge on any atom is -0.396 e. The van der Waals surface area contributed by atoms with Crippen molar-refractivity contribution in [3.8, 4) is 0 Å². The summed E-state index contributed by atoms with van der Waals surface area (Å²) in [4.78, 5) is 14.2. The number of amides is 2. The van der Waals surface area contributed by atoms with Crippen molar-refractivity contribution in [1.29, 1.82) is 0 Å². The van der Waals surface area contributed by atoms with Gasteiger partial charge in [0.15, 0.2) is 0 Å². The number of halogens is 1. The van der Waals surface area contributed by atoms with E-state index in [9.17, 15) is 4.79 Å². The molecule has 1 aliphatic rings. The van der Waals surface area contributed by atoms with Gasteiger partial charge in [0.05, 0.1) is 10.7 Å². The second-order valence-corrected chi connectivity index (χ2v) is 6.31. The molecule has 2 unspecified atom stereocenters. The first-order valence-electron chi connectivity index (χ1n) is 7.74. The summed E-state index contributed by atoms with van der Waals surface area (Å²) < 4.78 is 0. The molecule has 1 saturated heterocycles. The lowest BCUT2D eigenvalue weighted by Crippen LogP contribution is -2.40. The molecule has 5 nitrogen and oxygen atoms in total. The van der Waals surface area contributed by atoms with E-state index in [1.54, 1.807) is 6.07 Å². The summed E-state index contributed by atoms with van der Waals surface area (Å²) in [6.45, 7) is 5.85. The Labute approximate surface area is 136 Å². The molecule has 0 spiro atoms. The van der Waals surface area contributed by atoms with Crippen molar-refractivity contribution < 1.29 is 9.90 Å². The molecule has 0 aliphatic carbocycles. The van der Waals surface area contributed by atoms with Crippen LogP contribution in [0, 0.1) is 5.92 Å². The Kier molecular flexibility index (Phi) is 5.91. The highest BCUT2D eigenvalue weighted by Crippen LogP contribution is 2.31. The highest BCUT2D eigenvalue weighted by Gasteiger charge is 2.17. The topological polar surface area (TPSA) is 64.6 Å². The van der Waals surface area contributed by atoms with Crippen LogP contribution in [0.2, 0.25) is 5.02 Å². The number of nitrogens with zero attached hydrogens (tertiary/aromatic N) is 1. The Bertz CT molecular complexity index is 518. The zero-order valence-electron chi connectivity index (χ0n) is 13.1. The maximum absolute atomic E-state index is 11.9. The molecule has 122 valence electrons. The van der Waals surface area contributed by atoms with Crippen LogP contribution in [0.1, 0.15) is 26.7 Å². The van der Waals surface area contributed by atoms with Gasteiger partial charge < -0.3 is 20.6 Å². The van der Waals surface area contributed by atoms with Crippen LogP contribution in [-0.2, 0) is 0 Å². The summed E-state index contributed by atoms with van der Waals surface area (Å²) in [6, 6.07) is 5.18. The van der Waals surface area contributed by atoms with Gasteiger partial charge in [-0.3, -0.25) is 0 Å². The van der Waals surface area contributed by atoms with Gasteiger partial charge in [-0.25, -0.2) is 4.79 Å². The number of urea groups is 1. The Morgan fingerprint density at radius 2 is 2.05 bits per heavy atom. The number of rotatable bonds is 5. The number of hydrogen-bond acceptors (Lipinski definition) is 3. The van der Waals surface area contributed by atoms with Crippen LogP contribution in [0.5, 0.6) is 0 Å². The second kappa shape index (κ2) is 7.70. The van der Waals surface area contributed by atoms with Crippen LogP contribution >= 0.6 is 11.6 Å². The third-order valence-electron chi connectivity index (χ3n) is 4.15. The fourth-order valence-corrected chi connectivity index (χ4v) is 2.77. The minimum atomic E-state index is -0.294. The first-order chi connectivity index (χ1) is 10.5. The summed E-state index contributed by atoms with van der Waals surface area (Å²) in [6.07, 6.45) is 2.39. The van der Waals surface area contributed by atoms with Crippen molar-refractivity contribution in [1.82, 2.24) is 5.32 Å². The first-order valence-corrected chi connectivity index (χ1v) is 8.12. The van der Waals surface area contributed by atoms with Gasteiger partial charge in [0.2, 0.25) is 0 Å². The van der Waals surface area contributed by atoms with Gasteiger partial charge in [0.1, 0.15) is 0 Å². The van der Waals surface area contributed by atoms with Crippen LogP contribution in [0.15, 0.2) is 18.2 Å². The Hall–Kier alpha value is -1.46. The first kappa shape index (κ1) is 16.9. The van der Waals surface area contributed by atoms with Crippen molar-refractivity contribution in [3.63, 3.8) is 0 Å². The Balaban J connectivity index is 1.95. The van der Waals surface area contributed by atoms with Gasteiger partial charge in [-0.05, 0) is 43.9 Å². The van der Waals surface area contributed by atoms with Gasteiger partial charge in [0.25, 0.3) is 0 Å². The second-order valence-electron chi connectivity index (χ2n) is 5.91. The number of aliphatic hydroxyl groups excluding tert-OH is 1. The van der Waals surface area contributed by atoms with E-state index in [4.69, 9.17) is 16.7 Å². The van der Waals surface area contributed by atoms with Gasteiger partial charge in [-0.2, -0.15) is 0 Å². The number of benzene rings is 1. The normalized spacial score (nSPS) is 17.2. The van der Waals surface area contributed by atoms with E-state index >= 15 is 0 Å². The third kappa shape index (κ3) is 4.27. The number of carbonyl (C=O) groups excluding carboxylic acids is 1. The van der Waals surface area contributed by atoms with Gasteiger partial charge in [-0.1, -0.05) is 18.5 Å². The predicted molar refractivity (Wildman–Crippen MR) is 90.8 cm³/mol. The fourth-order valence-electron chi connectivity index (χ4n) is 2.47. The molecule has 1 fully saturated rings. The zero-order chi connectivity index (χ0) is 16.1. The molecular weight excluding hydrogens is 302 g/mol. The van der Waals surface area contributed by atoms with E-state index in [-0.39, 0.29) is 24.6 Å². The lowest BCUT2D eigenvalue weighted by atomic mass is 10.1. The highest BCUT2D eigenvalue weighted by atomic mass is 35.5. The predicted octanol–water partition coefficient (Wildman–Crippen LogP) is 3.08. The molecular formula is C16H24ClN3O2. The molecule has 0 saturated carbocycles. The summed E-state index contributed by atoms with van der Waals surface area (Å²) in [5, 5.41) is 15.3. The molecule has 22 heavy (non-hydrogen) atoms. The molecule has 1 heterocycles. The van der Waals surface area contributed by atoms with E-state index in [2.05, 4.69) is 15.5 Å². The summed E-state index contributed by atoms with van der Waals surface area (Å²) in [5.74, 6) is 0.00637. The lowest BCUT2D eigenvalue weighted by molar-refractivity contribution is 0.204. The summed E-state index contributed by atoms with van der Waals surface area (Å²) in [5.41, 5.74) is 1.68. The Morgan fingerprint density at radius 1 is 1.36 bits per heavy atom. The number of anilines is 2. The molecule has 1 aromatic carbocycles. The highest BCUT2D eigenvalue weighted by molar-refractivity contribution is 6.33. The van der Waals surface area contributed by atoms with E-state index < -0.39 is 0 Å². The average molecular weight is 326 g/mol. The van der Waals surface area contributed by atoms with Crippen LogP contribution in [0.3, 0.4) is 0 Å². The standard InChI is InChI=1S/C16H24ClN3O2/c1-11(10-21)12(2)18-16(22)19-13-5-6-15(14(17)9-13)20-7-3-4-8-20/h5-6,9,11-12,21H,3-4,7-8,10H2,1-2H3,(H2,18,19,22). The molecule has 6 heteroatoms. The maximum atomic E-state index is 11.9. The molecule has 2 atom stereocenters. The average Bonchev–Trinajstić information content (AvgIpc) is 3.00. The van der Waals surface area contributed by atoms with Gasteiger partial charge in [0, 0.05) is 31.4 Å². The largest absolute Gasteiger partial charge is 0.396 e. The number of nitrogens with one attached hydrogen (secondary N) is 2. The fraction of sp³-hybridized carbons (Fsp3) is 0.562. The van der Waals surface area contributed by atoms with Gasteiger partial charge >= 0.3 is 6.03 Å². The van der Waals surface area contributed by atoms with E-state index in [0.29, 0.717) is 10.7 Å². The van der Waals surface area contributed by atoms with Crippen LogP contribution in [0.25, 0.3) is 0 Å². The number of carbonyl (C=O) groups is 1. The zero-order valence-corrected chi connectivity index (χ0v) is 13.9. The van der Waals surface area contributed by atoms with Crippen LogP contribution < -0.4 is 15.5 Å². The van der Waals surface area contributed by atoms with Crippen molar-refractivity contribution in [2.24, 2.45) is 5.92 Å². The van der Waals surface area contributed by atoms with Crippen molar-refractivity contribution in [2.75, 3.05) is 29.9 Å². The molecule has 0 bridgehead atoms. The monoisotopic (exact) mass is 325 g/mol. The summed E-state index contributed by atoms with van der Waals surface area (Å²) in [7, 11) is 0. The lowest BCUT2D eigenvalue weighted by Gasteiger charge is -2.21. The summed E-state index contributed by atoms with van der Waals surface area (Å²) >= 11 is 6.33. The molecule has 0 aromatic heterocycles. The molecule has 2 rings (SSSR count). The number of hydrogen-bond donors (Lipinski definition) is 3. The van der Waals surface area contributed by atoms with Crippen molar-refractivity contribution in [3.05, 3.63) is 23.2 Å². The van der Waals surface area contributed by atoms with Crippen molar-refractivity contribution in [2.45, 2.75) is 32.7 Å². The maximum Gasteiger partial charge on any atom is 0.319 e. The molecule has 2 amide bonds. The van der Waals surface area contributed by atoms with Crippen molar-refractivity contribution >= 4 is 29.0 Å². The van der Waals surface area contributed by atoms with E-state index in [1.165, 1.54) is 12.8 Å². The van der Waals surface area contributed by atoms with E-state index in [0.717, 1.165) is 18.8 Å². The minimum absolute atomic E-state index is 0.00637. The van der Waals surface area contributed by atoms with E-state index in [1.807, 2.05) is 26.0 Å². The van der Waals surface area contributed by atoms with Gasteiger partial charge in [-0.15, -0.1) is 0 Å². The quantitative estimate of drug-likeness (QED) is 0.779. The molecule has 1 aromatic rings. The molecule has 1 aliphatic heterocycles. The van der Waals surface area contributed by atoms with Crippen LogP contribution in [-0.4, -0.2) is 36.9 Å². The Morgan fingerprint density at radius 3 is 2.64 bits per heavy atom. The third-order valence-corrected chi connectivity index (χ3v) is 4.46. The van der Waals surface area contributed by atoms with Crippen LogP contribution in [0.4, 0.5) is 16.2 Å².